The van der Waals surface area contributed by atoms with Crippen LogP contribution in [0.25, 0.3) is 0 Å². The number of nitrogens with zero attached hydrogens (tertiary/aromatic N) is 2. The number of aromatic nitrogens is 2. The fourth-order valence-corrected chi connectivity index (χ4v) is 2.33. The van der Waals surface area contributed by atoms with E-state index in [0.29, 0.717) is 6.42 Å². The van der Waals surface area contributed by atoms with Gasteiger partial charge in [0.25, 0.3) is 0 Å². The van der Waals surface area contributed by atoms with Crippen molar-refractivity contribution in [3.63, 3.8) is 0 Å². The fourth-order valence-electron chi connectivity index (χ4n) is 2.33. The molecule has 0 saturated carbocycles. The zero-order chi connectivity index (χ0) is 13.7. The van der Waals surface area contributed by atoms with Gasteiger partial charge in [0, 0.05) is 25.4 Å². The molecule has 1 unspecified atom stereocenters. The van der Waals surface area contributed by atoms with Gasteiger partial charge in [-0.1, -0.05) is 29.8 Å². The number of benzene rings is 1. The first-order valence-electron chi connectivity index (χ1n) is 6.92. The molecule has 1 aromatic carbocycles. The minimum absolute atomic E-state index is 0.326. The highest BCUT2D eigenvalue weighted by Crippen LogP contribution is 2.11. The quantitative estimate of drug-likeness (QED) is 0.865. The zero-order valence-electron chi connectivity index (χ0n) is 11.7. The van der Waals surface area contributed by atoms with Gasteiger partial charge in [-0.3, -0.25) is 0 Å². The monoisotopic (exact) mass is 258 g/mol. The summed E-state index contributed by atoms with van der Waals surface area (Å²) in [6.07, 6.45) is 5.75. The van der Waals surface area contributed by atoms with Gasteiger partial charge in [0.1, 0.15) is 5.82 Å². The summed E-state index contributed by atoms with van der Waals surface area (Å²) in [4.78, 5) is 4.30. The SMILES string of the molecule is CCn1ccnc1CC(O)CCc1cccc(C)c1. The molecule has 1 N–H and O–H groups in total. The molecule has 3 nitrogen and oxygen atoms in total. The third kappa shape index (κ3) is 3.93. The van der Waals surface area contributed by atoms with Gasteiger partial charge in [-0.25, -0.2) is 4.98 Å². The summed E-state index contributed by atoms with van der Waals surface area (Å²) in [5.41, 5.74) is 2.56. The van der Waals surface area contributed by atoms with Crippen molar-refractivity contribution in [2.24, 2.45) is 0 Å². The first-order valence-corrected chi connectivity index (χ1v) is 6.92. The number of hydrogen-bond acceptors (Lipinski definition) is 2. The van der Waals surface area contributed by atoms with Gasteiger partial charge >= 0.3 is 0 Å². The largest absolute Gasteiger partial charge is 0.393 e. The van der Waals surface area contributed by atoms with Crippen LogP contribution >= 0.6 is 0 Å². The molecule has 0 radical (unpaired) electrons. The number of aliphatic hydroxyl groups excluding tert-OH is 1. The van der Waals surface area contributed by atoms with E-state index in [1.807, 2.05) is 6.20 Å². The van der Waals surface area contributed by atoms with Crippen molar-refractivity contribution in [3.05, 3.63) is 53.6 Å². The van der Waals surface area contributed by atoms with Gasteiger partial charge in [0.15, 0.2) is 0 Å². The fraction of sp³-hybridized carbons (Fsp3) is 0.438. The van der Waals surface area contributed by atoms with Gasteiger partial charge in [0.2, 0.25) is 0 Å². The van der Waals surface area contributed by atoms with E-state index in [9.17, 15) is 5.11 Å². The van der Waals surface area contributed by atoms with Crippen molar-refractivity contribution in [2.45, 2.75) is 45.8 Å². The van der Waals surface area contributed by atoms with E-state index in [-0.39, 0.29) is 6.10 Å². The Kier molecular flexibility index (Phi) is 4.74. The third-order valence-electron chi connectivity index (χ3n) is 3.41. The Morgan fingerprint density at radius 3 is 2.95 bits per heavy atom. The summed E-state index contributed by atoms with van der Waals surface area (Å²) in [5.74, 6) is 0.972. The lowest BCUT2D eigenvalue weighted by Gasteiger charge is -2.11. The number of hydrogen-bond donors (Lipinski definition) is 1. The average molecular weight is 258 g/mol. The van der Waals surface area contributed by atoms with E-state index in [1.54, 1.807) is 6.20 Å². The Hall–Kier alpha value is -1.61. The van der Waals surface area contributed by atoms with E-state index >= 15 is 0 Å². The maximum absolute atomic E-state index is 10.1. The molecule has 2 aromatic rings. The second-order valence-electron chi connectivity index (χ2n) is 5.02. The molecular weight excluding hydrogens is 236 g/mol. The third-order valence-corrected chi connectivity index (χ3v) is 3.41. The molecule has 1 atom stereocenters. The van der Waals surface area contributed by atoms with Crippen LogP contribution in [0.2, 0.25) is 0 Å². The normalized spacial score (nSPS) is 12.6. The minimum Gasteiger partial charge on any atom is -0.393 e. The van der Waals surface area contributed by atoms with E-state index in [2.05, 4.69) is 47.7 Å². The highest BCUT2D eigenvalue weighted by atomic mass is 16.3. The molecule has 1 aromatic heterocycles. The van der Waals surface area contributed by atoms with Crippen LogP contribution in [0, 0.1) is 6.92 Å². The molecule has 19 heavy (non-hydrogen) atoms. The molecule has 0 fully saturated rings. The van der Waals surface area contributed by atoms with Gasteiger partial charge in [-0.05, 0) is 32.3 Å². The Balaban J connectivity index is 1.86. The molecular formula is C16H22N2O. The zero-order valence-corrected chi connectivity index (χ0v) is 11.7. The van der Waals surface area contributed by atoms with Crippen molar-refractivity contribution >= 4 is 0 Å². The lowest BCUT2D eigenvalue weighted by Crippen LogP contribution is -2.15. The predicted molar refractivity (Wildman–Crippen MR) is 77.1 cm³/mol. The van der Waals surface area contributed by atoms with Gasteiger partial charge in [-0.2, -0.15) is 0 Å². The summed E-state index contributed by atoms with van der Waals surface area (Å²) < 4.78 is 2.08. The van der Waals surface area contributed by atoms with E-state index in [0.717, 1.165) is 25.2 Å². The number of imidazole rings is 1. The topological polar surface area (TPSA) is 38.0 Å². The second-order valence-corrected chi connectivity index (χ2v) is 5.02. The van der Waals surface area contributed by atoms with Gasteiger partial charge in [-0.15, -0.1) is 0 Å². The molecule has 0 aliphatic rings. The summed E-state index contributed by atoms with van der Waals surface area (Å²) in [6.45, 7) is 5.09. The number of aliphatic hydroxyl groups is 1. The molecule has 0 bridgehead atoms. The summed E-state index contributed by atoms with van der Waals surface area (Å²) in [7, 11) is 0. The molecule has 102 valence electrons. The van der Waals surface area contributed by atoms with Crippen molar-refractivity contribution in [2.75, 3.05) is 0 Å². The van der Waals surface area contributed by atoms with Crippen LogP contribution in [0.5, 0.6) is 0 Å². The Labute approximate surface area is 114 Å². The molecule has 0 aliphatic heterocycles. The summed E-state index contributed by atoms with van der Waals surface area (Å²) in [6, 6.07) is 8.46. The molecule has 0 aliphatic carbocycles. The predicted octanol–water partition coefficient (Wildman–Crippen LogP) is 2.75. The number of aryl methyl sites for hydroxylation is 3. The number of rotatable bonds is 6. The Morgan fingerprint density at radius 1 is 1.37 bits per heavy atom. The van der Waals surface area contributed by atoms with Crippen molar-refractivity contribution < 1.29 is 5.11 Å². The lowest BCUT2D eigenvalue weighted by atomic mass is 10.0. The standard InChI is InChI=1S/C16H22N2O/c1-3-18-10-9-17-16(18)12-15(19)8-7-14-6-4-5-13(2)11-14/h4-6,9-11,15,19H,3,7-8,12H2,1-2H3. The minimum atomic E-state index is -0.326. The Morgan fingerprint density at radius 2 is 2.21 bits per heavy atom. The average Bonchev–Trinajstić information content (AvgIpc) is 2.84. The molecule has 0 amide bonds. The van der Waals surface area contributed by atoms with E-state index in [1.165, 1.54) is 11.1 Å². The van der Waals surface area contributed by atoms with E-state index < -0.39 is 0 Å². The van der Waals surface area contributed by atoms with Crippen molar-refractivity contribution in [1.29, 1.82) is 0 Å². The van der Waals surface area contributed by atoms with Crippen LogP contribution in [0.3, 0.4) is 0 Å². The van der Waals surface area contributed by atoms with Crippen LogP contribution < -0.4 is 0 Å². The van der Waals surface area contributed by atoms with Crippen LogP contribution in [-0.4, -0.2) is 20.8 Å². The van der Waals surface area contributed by atoms with Crippen LogP contribution in [0.4, 0.5) is 0 Å². The van der Waals surface area contributed by atoms with Crippen molar-refractivity contribution in [3.8, 4) is 0 Å². The van der Waals surface area contributed by atoms with Crippen LogP contribution in [0.1, 0.15) is 30.3 Å². The van der Waals surface area contributed by atoms with Crippen LogP contribution in [-0.2, 0) is 19.4 Å². The highest BCUT2D eigenvalue weighted by Gasteiger charge is 2.10. The highest BCUT2D eigenvalue weighted by molar-refractivity contribution is 5.22. The summed E-state index contributed by atoms with van der Waals surface area (Å²) >= 11 is 0. The second kappa shape index (κ2) is 6.53. The first kappa shape index (κ1) is 13.8. The first-order chi connectivity index (χ1) is 9.19. The van der Waals surface area contributed by atoms with E-state index in [4.69, 9.17) is 0 Å². The smallest absolute Gasteiger partial charge is 0.111 e. The van der Waals surface area contributed by atoms with Gasteiger partial charge in [0.05, 0.1) is 6.10 Å². The van der Waals surface area contributed by atoms with Gasteiger partial charge < -0.3 is 9.67 Å². The maximum Gasteiger partial charge on any atom is 0.111 e. The van der Waals surface area contributed by atoms with Crippen molar-refractivity contribution in [1.82, 2.24) is 9.55 Å². The molecule has 2 rings (SSSR count). The molecule has 1 heterocycles. The van der Waals surface area contributed by atoms with Crippen LogP contribution in [0.15, 0.2) is 36.7 Å². The summed E-state index contributed by atoms with van der Waals surface area (Å²) in [5, 5.41) is 10.1. The Bertz CT molecular complexity index is 519. The maximum atomic E-state index is 10.1. The molecule has 3 heteroatoms. The lowest BCUT2D eigenvalue weighted by molar-refractivity contribution is 0.161. The molecule has 0 saturated heterocycles. The molecule has 0 spiro atoms.